The first kappa shape index (κ1) is 21.6. The minimum Gasteiger partial charge on any atom is -0.384 e. The average molecular weight is 407 g/mol. The molecule has 0 unspecified atom stereocenters. The molecule has 2 amide bonds. The van der Waals surface area contributed by atoms with Crippen LogP contribution in [-0.2, 0) is 16.1 Å². The molecule has 158 valence electrons. The van der Waals surface area contributed by atoms with E-state index in [9.17, 15) is 9.59 Å². The molecule has 2 aromatic rings. The Balaban J connectivity index is 1.48. The molecule has 0 spiro atoms. The van der Waals surface area contributed by atoms with Crippen LogP contribution in [0.25, 0.3) is 0 Å². The molecule has 5 N–H and O–H groups in total. The molecule has 1 aliphatic carbocycles. The van der Waals surface area contributed by atoms with Crippen LogP contribution in [0, 0.1) is 11.3 Å². The summed E-state index contributed by atoms with van der Waals surface area (Å²) in [5.74, 6) is 0.105. The molecule has 1 aliphatic rings. The predicted octanol–water partition coefficient (Wildman–Crippen LogP) is 3.07. The molecule has 30 heavy (non-hydrogen) atoms. The van der Waals surface area contributed by atoms with Gasteiger partial charge in [-0.1, -0.05) is 61.0 Å². The maximum Gasteiger partial charge on any atom is 0.242 e. The molecule has 0 saturated heterocycles. The molecule has 0 aliphatic heterocycles. The van der Waals surface area contributed by atoms with Crippen LogP contribution in [-0.4, -0.2) is 23.7 Å². The lowest BCUT2D eigenvalue weighted by Gasteiger charge is -2.29. The van der Waals surface area contributed by atoms with Crippen molar-refractivity contribution < 1.29 is 9.59 Å². The van der Waals surface area contributed by atoms with Gasteiger partial charge in [0.2, 0.25) is 11.8 Å². The van der Waals surface area contributed by atoms with Crippen LogP contribution in [0.4, 0.5) is 0 Å². The first-order valence-electron chi connectivity index (χ1n) is 10.5. The summed E-state index contributed by atoms with van der Waals surface area (Å²) in [6.07, 6.45) is 3.82. The summed E-state index contributed by atoms with van der Waals surface area (Å²) in [5.41, 5.74) is 8.29. The molecule has 1 saturated carbocycles. The van der Waals surface area contributed by atoms with Crippen LogP contribution in [0.15, 0.2) is 54.6 Å². The van der Waals surface area contributed by atoms with Gasteiger partial charge in [-0.25, -0.2) is 0 Å². The normalized spacial score (nSPS) is 19.5. The van der Waals surface area contributed by atoms with Crippen molar-refractivity contribution in [3.05, 3.63) is 71.3 Å². The van der Waals surface area contributed by atoms with E-state index in [-0.39, 0.29) is 23.6 Å². The Kier molecular flexibility index (Phi) is 7.22. The van der Waals surface area contributed by atoms with Gasteiger partial charge in [0.1, 0.15) is 11.9 Å². The van der Waals surface area contributed by atoms with Crippen LogP contribution in [0.5, 0.6) is 0 Å². The summed E-state index contributed by atoms with van der Waals surface area (Å²) in [7, 11) is 0. The quantitative estimate of drug-likeness (QED) is 0.419. The Morgan fingerprint density at radius 2 is 1.80 bits per heavy atom. The fourth-order valence-electron chi connectivity index (χ4n) is 4.00. The van der Waals surface area contributed by atoms with E-state index >= 15 is 0 Å². The van der Waals surface area contributed by atoms with Crippen LogP contribution in [0.2, 0.25) is 0 Å². The summed E-state index contributed by atoms with van der Waals surface area (Å²) in [4.78, 5) is 25.2. The van der Waals surface area contributed by atoms with E-state index in [4.69, 9.17) is 11.1 Å². The predicted molar refractivity (Wildman–Crippen MR) is 118 cm³/mol. The largest absolute Gasteiger partial charge is 0.384 e. The van der Waals surface area contributed by atoms with Crippen molar-refractivity contribution in [2.24, 2.45) is 11.7 Å². The molecule has 0 bridgehead atoms. The minimum absolute atomic E-state index is 0.0131. The van der Waals surface area contributed by atoms with Gasteiger partial charge in [-0.3, -0.25) is 15.0 Å². The number of carbonyl (C=O) groups is 2. The number of amides is 2. The van der Waals surface area contributed by atoms with E-state index in [2.05, 4.69) is 22.8 Å². The SMILES string of the molecule is C[C@H](NC(=O)[C@@H]1CCC[C@H](c2ccccc2)C1)C(=O)NCc1ccc(C(=N)N)cc1. The van der Waals surface area contributed by atoms with E-state index in [1.165, 1.54) is 5.56 Å². The van der Waals surface area contributed by atoms with Crippen LogP contribution in [0.3, 0.4) is 0 Å². The third kappa shape index (κ3) is 5.69. The van der Waals surface area contributed by atoms with E-state index in [0.717, 1.165) is 31.2 Å². The van der Waals surface area contributed by atoms with Gasteiger partial charge in [0.05, 0.1) is 0 Å². The highest BCUT2D eigenvalue weighted by molar-refractivity contribution is 5.94. The van der Waals surface area contributed by atoms with Gasteiger partial charge in [0, 0.05) is 18.0 Å². The maximum atomic E-state index is 12.7. The van der Waals surface area contributed by atoms with E-state index < -0.39 is 6.04 Å². The number of hydrogen-bond acceptors (Lipinski definition) is 3. The van der Waals surface area contributed by atoms with Crippen molar-refractivity contribution in [2.45, 2.75) is 51.1 Å². The van der Waals surface area contributed by atoms with Crippen LogP contribution >= 0.6 is 0 Å². The highest BCUT2D eigenvalue weighted by Gasteiger charge is 2.29. The Morgan fingerprint density at radius 1 is 1.10 bits per heavy atom. The van der Waals surface area contributed by atoms with E-state index in [1.807, 2.05) is 30.3 Å². The molecule has 1 fully saturated rings. The number of carbonyl (C=O) groups excluding carboxylic acids is 2. The van der Waals surface area contributed by atoms with E-state index in [1.54, 1.807) is 19.1 Å². The molecular weight excluding hydrogens is 376 g/mol. The zero-order valence-corrected chi connectivity index (χ0v) is 17.4. The number of nitrogens with one attached hydrogen (secondary N) is 3. The Bertz CT molecular complexity index is 880. The fraction of sp³-hybridized carbons (Fsp3) is 0.375. The number of benzene rings is 2. The summed E-state index contributed by atoms with van der Waals surface area (Å²) < 4.78 is 0. The minimum atomic E-state index is -0.592. The number of amidine groups is 1. The third-order valence-corrected chi connectivity index (χ3v) is 5.80. The number of hydrogen-bond donors (Lipinski definition) is 4. The highest BCUT2D eigenvalue weighted by Crippen LogP contribution is 2.36. The van der Waals surface area contributed by atoms with Crippen molar-refractivity contribution in [1.82, 2.24) is 10.6 Å². The van der Waals surface area contributed by atoms with Gasteiger partial charge in [-0.15, -0.1) is 0 Å². The lowest BCUT2D eigenvalue weighted by Crippen LogP contribution is -2.47. The highest BCUT2D eigenvalue weighted by atomic mass is 16.2. The topological polar surface area (TPSA) is 108 Å². The zero-order valence-electron chi connectivity index (χ0n) is 17.4. The second kappa shape index (κ2) is 10.1. The monoisotopic (exact) mass is 406 g/mol. The van der Waals surface area contributed by atoms with Gasteiger partial charge in [0.25, 0.3) is 0 Å². The van der Waals surface area contributed by atoms with Gasteiger partial charge < -0.3 is 16.4 Å². The number of rotatable bonds is 7. The van der Waals surface area contributed by atoms with Gasteiger partial charge >= 0.3 is 0 Å². The zero-order chi connectivity index (χ0) is 21.5. The molecule has 3 rings (SSSR count). The molecule has 6 heteroatoms. The Labute approximate surface area is 177 Å². The molecule has 0 aromatic heterocycles. The van der Waals surface area contributed by atoms with E-state index in [0.29, 0.717) is 18.0 Å². The third-order valence-electron chi connectivity index (χ3n) is 5.80. The number of nitrogens with two attached hydrogens (primary N) is 1. The van der Waals surface area contributed by atoms with Crippen molar-refractivity contribution in [3.8, 4) is 0 Å². The number of nitrogen functional groups attached to an aromatic ring is 1. The second-order valence-corrected chi connectivity index (χ2v) is 8.03. The molecule has 0 heterocycles. The molecule has 6 nitrogen and oxygen atoms in total. The molecule has 2 aromatic carbocycles. The Hall–Kier alpha value is -3.15. The summed E-state index contributed by atoms with van der Waals surface area (Å²) in [6, 6.07) is 16.9. The Morgan fingerprint density at radius 3 is 2.47 bits per heavy atom. The first-order chi connectivity index (χ1) is 14.4. The summed E-state index contributed by atoms with van der Waals surface area (Å²) in [5, 5.41) is 13.1. The van der Waals surface area contributed by atoms with Gasteiger partial charge in [-0.05, 0) is 43.2 Å². The van der Waals surface area contributed by atoms with Crippen molar-refractivity contribution >= 4 is 17.6 Å². The van der Waals surface area contributed by atoms with Gasteiger partial charge in [0.15, 0.2) is 0 Å². The maximum absolute atomic E-state index is 12.7. The second-order valence-electron chi connectivity index (χ2n) is 8.03. The summed E-state index contributed by atoms with van der Waals surface area (Å²) >= 11 is 0. The standard InChI is InChI=1S/C24H30N4O2/c1-16(23(29)27-15-17-10-12-19(13-11-17)22(25)26)28-24(30)21-9-5-8-20(14-21)18-6-3-2-4-7-18/h2-4,6-7,10-13,16,20-21H,5,8-9,14-15H2,1H3,(H3,25,26)(H,27,29)(H,28,30)/t16-,20-,21+/m0/s1. The average Bonchev–Trinajstić information content (AvgIpc) is 2.78. The molecular formula is C24H30N4O2. The fourth-order valence-corrected chi connectivity index (χ4v) is 4.00. The van der Waals surface area contributed by atoms with Crippen molar-refractivity contribution in [1.29, 1.82) is 5.41 Å². The van der Waals surface area contributed by atoms with Crippen LogP contribution in [0.1, 0.15) is 55.2 Å². The van der Waals surface area contributed by atoms with Crippen LogP contribution < -0.4 is 16.4 Å². The molecule has 3 atom stereocenters. The van der Waals surface area contributed by atoms with Crippen molar-refractivity contribution in [3.63, 3.8) is 0 Å². The molecule has 0 radical (unpaired) electrons. The smallest absolute Gasteiger partial charge is 0.242 e. The summed E-state index contributed by atoms with van der Waals surface area (Å²) in [6.45, 7) is 2.07. The lowest BCUT2D eigenvalue weighted by molar-refractivity contribution is -0.131. The lowest BCUT2D eigenvalue weighted by atomic mass is 9.77. The first-order valence-corrected chi connectivity index (χ1v) is 10.5. The van der Waals surface area contributed by atoms with Gasteiger partial charge in [-0.2, -0.15) is 0 Å². The van der Waals surface area contributed by atoms with Crippen molar-refractivity contribution in [2.75, 3.05) is 0 Å².